The van der Waals surface area contributed by atoms with Crippen LogP contribution in [-0.2, 0) is 0 Å². The molecule has 0 spiro atoms. The summed E-state index contributed by atoms with van der Waals surface area (Å²) in [5.41, 5.74) is -0.483. The fraction of sp³-hybridized carbons (Fsp3) is 0.357. The Hall–Kier alpha value is -2.21. The summed E-state index contributed by atoms with van der Waals surface area (Å²) in [6, 6.07) is 5.18. The predicted octanol–water partition coefficient (Wildman–Crippen LogP) is 0.339. The Labute approximate surface area is 115 Å². The summed E-state index contributed by atoms with van der Waals surface area (Å²) >= 11 is 0. The number of aromatic nitrogens is 2. The van der Waals surface area contributed by atoms with Crippen LogP contribution in [0.15, 0.2) is 35.4 Å². The summed E-state index contributed by atoms with van der Waals surface area (Å²) in [6.45, 7) is -0.110. The minimum Gasteiger partial charge on any atom is -0.394 e. The molecule has 104 valence electrons. The number of rotatable bonds is 3. The number of pyridine rings is 1. The molecule has 6 heteroatoms. The fourth-order valence-electron chi connectivity index (χ4n) is 2.42. The summed E-state index contributed by atoms with van der Waals surface area (Å²) in [5.74, 6) is -0.477. The maximum atomic E-state index is 12.3. The topological polar surface area (TPSA) is 83.7 Å². The maximum Gasteiger partial charge on any atom is 0.270 e. The quantitative estimate of drug-likeness (QED) is 0.844. The first-order valence-electron chi connectivity index (χ1n) is 6.55. The predicted molar refractivity (Wildman–Crippen MR) is 72.6 cm³/mol. The van der Waals surface area contributed by atoms with Gasteiger partial charge in [-0.25, -0.2) is 4.98 Å². The summed E-state index contributed by atoms with van der Waals surface area (Å²) in [6.07, 6.45) is 5.30. The molecule has 0 unspecified atom stereocenters. The van der Waals surface area contributed by atoms with Gasteiger partial charge in [0, 0.05) is 12.4 Å². The zero-order valence-electron chi connectivity index (χ0n) is 10.9. The number of carbonyl (C=O) groups is 1. The van der Waals surface area contributed by atoms with Crippen LogP contribution in [0, 0.1) is 0 Å². The van der Waals surface area contributed by atoms with E-state index in [1.165, 1.54) is 10.6 Å². The second-order valence-corrected chi connectivity index (χ2v) is 5.15. The molecule has 1 fully saturated rings. The number of hydrogen-bond donors (Lipinski definition) is 2. The van der Waals surface area contributed by atoms with Gasteiger partial charge in [0.15, 0.2) is 0 Å². The van der Waals surface area contributed by atoms with Crippen LogP contribution in [0.1, 0.15) is 29.6 Å². The largest absolute Gasteiger partial charge is 0.394 e. The van der Waals surface area contributed by atoms with Crippen molar-refractivity contribution in [2.75, 3.05) is 6.61 Å². The van der Waals surface area contributed by atoms with Crippen LogP contribution in [-0.4, -0.2) is 32.5 Å². The molecule has 0 bridgehead atoms. The van der Waals surface area contributed by atoms with E-state index in [2.05, 4.69) is 10.3 Å². The van der Waals surface area contributed by atoms with Gasteiger partial charge in [0.05, 0.1) is 12.1 Å². The number of nitrogens with zero attached hydrogens (tertiary/aromatic N) is 2. The van der Waals surface area contributed by atoms with Crippen molar-refractivity contribution in [1.29, 1.82) is 0 Å². The SMILES string of the molecule is O=C(NC1(CO)CCC1)c1cnc2ccccn2c1=O. The Kier molecular flexibility index (Phi) is 3.02. The molecule has 1 aliphatic rings. The zero-order chi connectivity index (χ0) is 14.2. The molecule has 2 heterocycles. The summed E-state index contributed by atoms with van der Waals surface area (Å²) < 4.78 is 1.33. The molecule has 3 rings (SSSR count). The zero-order valence-corrected chi connectivity index (χ0v) is 10.9. The molecule has 2 N–H and O–H groups in total. The summed E-state index contributed by atoms with van der Waals surface area (Å²) in [5, 5.41) is 12.1. The average molecular weight is 273 g/mol. The molecular formula is C14H15N3O3. The van der Waals surface area contributed by atoms with Gasteiger partial charge >= 0.3 is 0 Å². The third kappa shape index (κ3) is 1.98. The minimum atomic E-state index is -0.570. The highest BCUT2D eigenvalue weighted by atomic mass is 16.3. The molecule has 0 saturated heterocycles. The number of hydrogen-bond acceptors (Lipinski definition) is 4. The highest BCUT2D eigenvalue weighted by molar-refractivity contribution is 5.94. The van der Waals surface area contributed by atoms with Crippen molar-refractivity contribution in [2.45, 2.75) is 24.8 Å². The van der Waals surface area contributed by atoms with Crippen LogP contribution in [0.4, 0.5) is 0 Å². The Bertz CT molecular complexity index is 713. The van der Waals surface area contributed by atoms with Gasteiger partial charge in [0.2, 0.25) is 0 Å². The van der Waals surface area contributed by atoms with Crippen LogP contribution >= 0.6 is 0 Å². The number of aliphatic hydroxyl groups excluding tert-OH is 1. The lowest BCUT2D eigenvalue weighted by Crippen LogP contribution is -2.56. The van der Waals surface area contributed by atoms with Crippen LogP contribution in [0.25, 0.3) is 5.65 Å². The second kappa shape index (κ2) is 4.72. The van der Waals surface area contributed by atoms with E-state index >= 15 is 0 Å². The Morgan fingerprint density at radius 3 is 2.90 bits per heavy atom. The maximum absolute atomic E-state index is 12.3. The van der Waals surface area contributed by atoms with Gasteiger partial charge in [-0.2, -0.15) is 0 Å². The fourth-order valence-corrected chi connectivity index (χ4v) is 2.42. The summed E-state index contributed by atoms with van der Waals surface area (Å²) in [4.78, 5) is 28.6. The number of nitrogens with one attached hydrogen (secondary N) is 1. The Morgan fingerprint density at radius 2 is 2.25 bits per heavy atom. The van der Waals surface area contributed by atoms with Crippen molar-refractivity contribution >= 4 is 11.6 Å². The van der Waals surface area contributed by atoms with Gasteiger partial charge in [-0.3, -0.25) is 14.0 Å². The van der Waals surface area contributed by atoms with E-state index in [-0.39, 0.29) is 12.2 Å². The van der Waals surface area contributed by atoms with E-state index in [4.69, 9.17) is 0 Å². The molecule has 6 nitrogen and oxygen atoms in total. The minimum absolute atomic E-state index is 0.00609. The van der Waals surface area contributed by atoms with Gasteiger partial charge in [-0.15, -0.1) is 0 Å². The molecule has 0 atom stereocenters. The molecule has 1 saturated carbocycles. The van der Waals surface area contributed by atoms with Crippen molar-refractivity contribution in [3.63, 3.8) is 0 Å². The van der Waals surface area contributed by atoms with E-state index in [0.717, 1.165) is 19.3 Å². The van der Waals surface area contributed by atoms with E-state index in [1.54, 1.807) is 24.4 Å². The van der Waals surface area contributed by atoms with Gasteiger partial charge in [0.1, 0.15) is 11.2 Å². The van der Waals surface area contributed by atoms with Crippen molar-refractivity contribution < 1.29 is 9.90 Å². The van der Waals surface area contributed by atoms with Gasteiger partial charge < -0.3 is 10.4 Å². The molecule has 1 amide bonds. The first kappa shape index (κ1) is 12.8. The first-order valence-corrected chi connectivity index (χ1v) is 6.55. The molecule has 20 heavy (non-hydrogen) atoms. The van der Waals surface area contributed by atoms with Gasteiger partial charge in [-0.05, 0) is 31.4 Å². The third-order valence-corrected chi connectivity index (χ3v) is 3.85. The third-order valence-electron chi connectivity index (χ3n) is 3.85. The second-order valence-electron chi connectivity index (χ2n) is 5.15. The number of aliphatic hydroxyl groups is 1. The molecular weight excluding hydrogens is 258 g/mol. The van der Waals surface area contributed by atoms with E-state index in [1.807, 2.05) is 0 Å². The standard InChI is InChI=1S/C14H15N3O3/c18-9-14(5-3-6-14)16-12(19)10-8-15-11-4-1-2-7-17(11)13(10)20/h1-2,4,7-8,18H,3,5-6,9H2,(H,16,19). The molecule has 2 aromatic rings. The lowest BCUT2D eigenvalue weighted by Gasteiger charge is -2.40. The lowest BCUT2D eigenvalue weighted by atomic mass is 9.77. The number of carbonyl (C=O) groups excluding carboxylic acids is 1. The molecule has 0 radical (unpaired) electrons. The van der Waals surface area contributed by atoms with Gasteiger partial charge in [-0.1, -0.05) is 6.07 Å². The lowest BCUT2D eigenvalue weighted by molar-refractivity contribution is 0.0640. The number of fused-ring (bicyclic) bond motifs is 1. The average Bonchev–Trinajstić information content (AvgIpc) is 2.43. The monoisotopic (exact) mass is 273 g/mol. The first-order chi connectivity index (χ1) is 9.65. The highest BCUT2D eigenvalue weighted by Gasteiger charge is 2.38. The van der Waals surface area contributed by atoms with Crippen LogP contribution in [0.3, 0.4) is 0 Å². The Morgan fingerprint density at radius 1 is 1.45 bits per heavy atom. The molecule has 2 aromatic heterocycles. The smallest absolute Gasteiger partial charge is 0.270 e. The van der Waals surface area contributed by atoms with E-state index in [9.17, 15) is 14.7 Å². The molecule has 1 aliphatic carbocycles. The molecule has 0 aromatic carbocycles. The van der Waals surface area contributed by atoms with Crippen molar-refractivity contribution in [3.8, 4) is 0 Å². The van der Waals surface area contributed by atoms with Crippen molar-refractivity contribution in [2.24, 2.45) is 0 Å². The number of amides is 1. The van der Waals surface area contributed by atoms with Crippen molar-refractivity contribution in [3.05, 3.63) is 46.5 Å². The normalized spacial score (nSPS) is 16.6. The van der Waals surface area contributed by atoms with E-state index in [0.29, 0.717) is 5.65 Å². The van der Waals surface area contributed by atoms with Crippen LogP contribution < -0.4 is 10.9 Å². The highest BCUT2D eigenvalue weighted by Crippen LogP contribution is 2.31. The van der Waals surface area contributed by atoms with Crippen LogP contribution in [0.2, 0.25) is 0 Å². The van der Waals surface area contributed by atoms with Gasteiger partial charge in [0.25, 0.3) is 11.5 Å². The van der Waals surface area contributed by atoms with Crippen LogP contribution in [0.5, 0.6) is 0 Å². The Balaban J connectivity index is 1.96. The van der Waals surface area contributed by atoms with Crippen molar-refractivity contribution in [1.82, 2.24) is 14.7 Å². The summed E-state index contributed by atoms with van der Waals surface area (Å²) in [7, 11) is 0. The van der Waals surface area contributed by atoms with E-state index < -0.39 is 17.0 Å². The molecule has 0 aliphatic heterocycles.